The summed E-state index contributed by atoms with van der Waals surface area (Å²) < 4.78 is 1.92. The summed E-state index contributed by atoms with van der Waals surface area (Å²) in [6.45, 7) is 0. The van der Waals surface area contributed by atoms with E-state index in [4.69, 9.17) is 4.84 Å². The second-order valence-corrected chi connectivity index (χ2v) is 4.66. The lowest BCUT2D eigenvalue weighted by atomic mass is 10.1. The number of benzene rings is 2. The molecule has 102 valence electrons. The smallest absolute Gasteiger partial charge is 0.237 e. The molecule has 0 N–H and O–H groups in total. The molecule has 0 saturated carbocycles. The van der Waals surface area contributed by atoms with E-state index in [0.29, 0.717) is 11.8 Å². The van der Waals surface area contributed by atoms with Gasteiger partial charge in [-0.05, 0) is 12.1 Å². The molecule has 0 unspecified atom stereocenters. The maximum atomic E-state index is 5.01. The van der Waals surface area contributed by atoms with Crippen LogP contribution in [0, 0.1) is 0 Å². The largest absolute Gasteiger partial charge is 0.397 e. The van der Waals surface area contributed by atoms with Crippen LogP contribution in [0.25, 0.3) is 11.0 Å². The number of rotatable bonds is 2. The summed E-state index contributed by atoms with van der Waals surface area (Å²) in [5.74, 6) is 1.29. The van der Waals surface area contributed by atoms with Crippen LogP contribution in [0.2, 0.25) is 0 Å². The Kier molecular flexibility index (Phi) is 2.57. The minimum atomic E-state index is 0.630. The molecular formula is C16H12N4O. The Morgan fingerprint density at radius 1 is 1.00 bits per heavy atom. The normalized spacial score (nSPS) is 15.3. The van der Waals surface area contributed by atoms with Crippen LogP contribution < -0.4 is 0 Å². The first-order chi connectivity index (χ1) is 10.4. The molecule has 0 radical (unpaired) electrons. The Balaban J connectivity index is 1.97. The fourth-order valence-electron chi connectivity index (χ4n) is 2.51. The van der Waals surface area contributed by atoms with Gasteiger partial charge in [0.2, 0.25) is 11.8 Å². The van der Waals surface area contributed by atoms with Crippen LogP contribution in [0.4, 0.5) is 5.95 Å². The molecule has 2 aromatic carbocycles. The monoisotopic (exact) mass is 276 g/mol. The van der Waals surface area contributed by atoms with Crippen molar-refractivity contribution in [2.24, 2.45) is 10.1 Å². The van der Waals surface area contributed by atoms with E-state index in [2.05, 4.69) is 15.1 Å². The van der Waals surface area contributed by atoms with Crippen LogP contribution in [-0.4, -0.2) is 28.2 Å². The molecule has 0 spiro atoms. The number of hydrogen-bond acceptors (Lipinski definition) is 4. The zero-order valence-corrected chi connectivity index (χ0v) is 11.4. The zero-order chi connectivity index (χ0) is 14.2. The van der Waals surface area contributed by atoms with E-state index < -0.39 is 0 Å². The highest BCUT2D eigenvalue weighted by atomic mass is 16.6. The lowest BCUT2D eigenvalue weighted by Gasteiger charge is -2.05. The van der Waals surface area contributed by atoms with E-state index in [1.54, 1.807) is 0 Å². The van der Waals surface area contributed by atoms with E-state index >= 15 is 0 Å². The molecule has 0 saturated heterocycles. The summed E-state index contributed by atoms with van der Waals surface area (Å²) in [5, 5.41) is 4.15. The molecule has 0 aliphatic carbocycles. The lowest BCUT2D eigenvalue weighted by Crippen LogP contribution is -2.19. The Hall–Kier alpha value is -2.95. The van der Waals surface area contributed by atoms with Crippen molar-refractivity contribution in [3.05, 3.63) is 60.2 Å². The number of aliphatic imine (C=N–C) groups is 1. The van der Waals surface area contributed by atoms with Gasteiger partial charge in [-0.25, -0.2) is 9.98 Å². The SMILES string of the molecule is CON=C1C(c2ccccc2)=Nc2nc3ccccc3n21. The number of hydrogen-bond donors (Lipinski definition) is 0. The fraction of sp³-hybridized carbons (Fsp3) is 0.0625. The van der Waals surface area contributed by atoms with Gasteiger partial charge < -0.3 is 4.84 Å². The van der Waals surface area contributed by atoms with Crippen LogP contribution in [0.3, 0.4) is 0 Å². The van der Waals surface area contributed by atoms with Gasteiger partial charge in [-0.15, -0.1) is 0 Å². The van der Waals surface area contributed by atoms with E-state index in [-0.39, 0.29) is 0 Å². The van der Waals surface area contributed by atoms with E-state index in [0.717, 1.165) is 22.3 Å². The van der Waals surface area contributed by atoms with Gasteiger partial charge in [0.15, 0.2) is 0 Å². The first-order valence-corrected chi connectivity index (χ1v) is 6.62. The minimum Gasteiger partial charge on any atom is -0.397 e. The third-order valence-electron chi connectivity index (χ3n) is 3.40. The van der Waals surface area contributed by atoms with Crippen molar-refractivity contribution in [3.8, 4) is 0 Å². The average molecular weight is 276 g/mol. The predicted molar refractivity (Wildman–Crippen MR) is 82.2 cm³/mol. The van der Waals surface area contributed by atoms with Crippen molar-refractivity contribution >= 4 is 28.5 Å². The Labute approximate surface area is 121 Å². The zero-order valence-electron chi connectivity index (χ0n) is 11.4. The average Bonchev–Trinajstić information content (AvgIpc) is 3.05. The molecule has 0 amide bonds. The highest BCUT2D eigenvalue weighted by molar-refractivity contribution is 6.51. The Morgan fingerprint density at radius 2 is 1.76 bits per heavy atom. The van der Waals surface area contributed by atoms with Crippen LogP contribution in [0.15, 0.2) is 64.7 Å². The number of oxime groups is 1. The summed E-state index contributed by atoms with van der Waals surface area (Å²) in [6, 6.07) is 17.8. The van der Waals surface area contributed by atoms with Crippen molar-refractivity contribution in [1.29, 1.82) is 0 Å². The molecule has 21 heavy (non-hydrogen) atoms. The summed E-state index contributed by atoms with van der Waals surface area (Å²) in [5.41, 5.74) is 3.62. The van der Waals surface area contributed by atoms with Gasteiger partial charge in [0.25, 0.3) is 0 Å². The molecule has 1 aromatic heterocycles. The van der Waals surface area contributed by atoms with Crippen molar-refractivity contribution in [2.75, 3.05) is 7.11 Å². The van der Waals surface area contributed by atoms with E-state index in [9.17, 15) is 0 Å². The van der Waals surface area contributed by atoms with Crippen molar-refractivity contribution in [1.82, 2.24) is 9.55 Å². The number of aromatic nitrogens is 2. The van der Waals surface area contributed by atoms with Crippen molar-refractivity contribution in [3.63, 3.8) is 0 Å². The molecular weight excluding hydrogens is 264 g/mol. The van der Waals surface area contributed by atoms with Gasteiger partial charge in [-0.1, -0.05) is 47.6 Å². The van der Waals surface area contributed by atoms with Crippen LogP contribution in [-0.2, 0) is 4.84 Å². The van der Waals surface area contributed by atoms with Gasteiger partial charge in [0.1, 0.15) is 12.8 Å². The van der Waals surface area contributed by atoms with E-state index in [1.807, 2.05) is 59.2 Å². The molecule has 0 atom stereocenters. The number of imidazole rings is 1. The van der Waals surface area contributed by atoms with Gasteiger partial charge in [-0.3, -0.25) is 4.57 Å². The molecule has 0 fully saturated rings. The van der Waals surface area contributed by atoms with Crippen LogP contribution in [0.1, 0.15) is 5.56 Å². The molecule has 1 aliphatic rings. The van der Waals surface area contributed by atoms with Crippen LogP contribution in [0.5, 0.6) is 0 Å². The molecule has 0 bridgehead atoms. The Bertz CT molecular complexity index is 878. The summed E-state index contributed by atoms with van der Waals surface area (Å²) in [7, 11) is 1.53. The summed E-state index contributed by atoms with van der Waals surface area (Å²) in [4.78, 5) is 14.2. The molecule has 5 nitrogen and oxygen atoms in total. The second-order valence-electron chi connectivity index (χ2n) is 4.66. The molecule has 1 aliphatic heterocycles. The molecule has 3 aromatic rings. The maximum absolute atomic E-state index is 5.01. The van der Waals surface area contributed by atoms with Gasteiger partial charge >= 0.3 is 0 Å². The first-order valence-electron chi connectivity index (χ1n) is 6.62. The Morgan fingerprint density at radius 3 is 2.57 bits per heavy atom. The predicted octanol–water partition coefficient (Wildman–Crippen LogP) is 2.98. The lowest BCUT2D eigenvalue weighted by molar-refractivity contribution is 0.213. The second kappa shape index (κ2) is 4.56. The fourth-order valence-corrected chi connectivity index (χ4v) is 2.51. The number of fused-ring (bicyclic) bond motifs is 3. The molecule has 2 heterocycles. The molecule has 5 heteroatoms. The quantitative estimate of drug-likeness (QED) is 0.676. The number of para-hydroxylation sites is 2. The summed E-state index contributed by atoms with van der Waals surface area (Å²) >= 11 is 0. The third kappa shape index (κ3) is 1.74. The maximum Gasteiger partial charge on any atom is 0.237 e. The van der Waals surface area contributed by atoms with E-state index in [1.165, 1.54) is 7.11 Å². The summed E-state index contributed by atoms with van der Waals surface area (Å²) in [6.07, 6.45) is 0. The van der Waals surface area contributed by atoms with Gasteiger partial charge in [-0.2, -0.15) is 0 Å². The third-order valence-corrected chi connectivity index (χ3v) is 3.40. The highest BCUT2D eigenvalue weighted by Gasteiger charge is 2.27. The minimum absolute atomic E-state index is 0.630. The highest BCUT2D eigenvalue weighted by Crippen LogP contribution is 2.28. The topological polar surface area (TPSA) is 51.8 Å². The standard InChI is InChI=1S/C16H12N4O/c1-21-19-15-14(11-7-3-2-4-8-11)18-16-17-12-9-5-6-10-13(12)20(15)16/h2-10H,1H3. The van der Waals surface area contributed by atoms with Crippen molar-refractivity contribution < 1.29 is 4.84 Å². The van der Waals surface area contributed by atoms with Gasteiger partial charge in [0, 0.05) is 5.56 Å². The first kappa shape index (κ1) is 11.8. The molecule has 4 rings (SSSR count). The van der Waals surface area contributed by atoms with Gasteiger partial charge in [0.05, 0.1) is 11.0 Å². The van der Waals surface area contributed by atoms with Crippen LogP contribution >= 0.6 is 0 Å². The number of nitrogens with zero attached hydrogens (tertiary/aromatic N) is 4. The van der Waals surface area contributed by atoms with Crippen molar-refractivity contribution in [2.45, 2.75) is 0 Å².